The van der Waals surface area contributed by atoms with Crippen molar-refractivity contribution in [1.82, 2.24) is 5.32 Å². The predicted molar refractivity (Wildman–Crippen MR) is 108 cm³/mol. The zero-order chi connectivity index (χ0) is 21.1. The molecule has 0 aliphatic rings. The van der Waals surface area contributed by atoms with Crippen molar-refractivity contribution in [3.63, 3.8) is 0 Å². The van der Waals surface area contributed by atoms with Crippen LogP contribution in [0.1, 0.15) is 67.2 Å². The van der Waals surface area contributed by atoms with Crippen LogP contribution in [0.3, 0.4) is 0 Å². The van der Waals surface area contributed by atoms with E-state index in [1.165, 1.54) is 6.42 Å². The minimum absolute atomic E-state index is 0. The average molecular weight is 476 g/mol. The van der Waals surface area contributed by atoms with Crippen molar-refractivity contribution in [3.8, 4) is 0 Å². The third-order valence-electron chi connectivity index (χ3n) is 3.43. The Morgan fingerprint density at radius 1 is 1.21 bits per heavy atom. The molecule has 0 aromatic rings. The fraction of sp³-hybridized carbons (Fsp3) is 0.800. The molecule has 0 bridgehead atoms. The Morgan fingerprint density at radius 2 is 1.82 bits per heavy atom. The molecule has 1 amide bonds. The van der Waals surface area contributed by atoms with Gasteiger partial charge in [0.05, 0.1) is 0 Å². The van der Waals surface area contributed by atoms with Crippen molar-refractivity contribution in [2.45, 2.75) is 67.2 Å². The summed E-state index contributed by atoms with van der Waals surface area (Å²) in [5, 5.41) is 2.91. The summed E-state index contributed by atoms with van der Waals surface area (Å²) >= 11 is 0. The summed E-state index contributed by atoms with van der Waals surface area (Å²) in [5.74, 6) is -0.0206. The van der Waals surface area contributed by atoms with Crippen LogP contribution in [0, 0.1) is 11.3 Å². The topological polar surface area (TPSA) is 88.0 Å². The SMILES string of the molecule is C=CC(=O)OCCOO[N-]CCC(C)(C)CC(C)CNC(=O)CC.CCC.[Y]. The summed E-state index contributed by atoms with van der Waals surface area (Å²) in [7, 11) is 0. The number of carbonyl (C=O) groups excluding carboxylic acids is 2. The second kappa shape index (κ2) is 21.4. The molecule has 0 spiro atoms. The first-order chi connectivity index (χ1) is 12.7. The van der Waals surface area contributed by atoms with Crippen LogP contribution >= 0.6 is 0 Å². The van der Waals surface area contributed by atoms with Crippen LogP contribution in [-0.4, -0.2) is 38.2 Å². The van der Waals surface area contributed by atoms with E-state index in [0.29, 0.717) is 25.4 Å². The van der Waals surface area contributed by atoms with Crippen LogP contribution in [0.5, 0.6) is 0 Å². The summed E-state index contributed by atoms with van der Waals surface area (Å²) in [6, 6.07) is 0. The van der Waals surface area contributed by atoms with Gasteiger partial charge in [-0.05, 0) is 17.8 Å². The maximum Gasteiger partial charge on any atom is 0.330 e. The van der Waals surface area contributed by atoms with Crippen molar-refractivity contribution in [2.24, 2.45) is 11.3 Å². The number of amides is 1. The van der Waals surface area contributed by atoms with Crippen LogP contribution in [0.15, 0.2) is 12.7 Å². The molecule has 28 heavy (non-hydrogen) atoms. The van der Waals surface area contributed by atoms with Crippen LogP contribution in [0.2, 0.25) is 0 Å². The van der Waals surface area contributed by atoms with E-state index in [0.717, 1.165) is 18.9 Å². The van der Waals surface area contributed by atoms with Gasteiger partial charge in [-0.1, -0.05) is 61.0 Å². The van der Waals surface area contributed by atoms with Gasteiger partial charge in [0.2, 0.25) is 5.91 Å². The largest absolute Gasteiger partial charge is 0.500 e. The number of rotatable bonds is 14. The van der Waals surface area contributed by atoms with Crippen LogP contribution < -0.4 is 5.32 Å². The number of hydrogen-bond acceptors (Lipinski definition) is 5. The van der Waals surface area contributed by atoms with Crippen LogP contribution in [0.4, 0.5) is 0 Å². The number of esters is 1. The van der Waals surface area contributed by atoms with Gasteiger partial charge < -0.3 is 20.5 Å². The van der Waals surface area contributed by atoms with E-state index in [9.17, 15) is 9.59 Å². The minimum Gasteiger partial charge on any atom is -0.500 e. The fourth-order valence-corrected chi connectivity index (χ4v) is 2.23. The molecule has 1 N–H and O–H groups in total. The Balaban J connectivity index is -0.00000146. The smallest absolute Gasteiger partial charge is 0.330 e. The van der Waals surface area contributed by atoms with E-state index in [2.05, 4.69) is 52.0 Å². The fourth-order valence-electron chi connectivity index (χ4n) is 2.23. The molecule has 1 unspecified atom stereocenters. The summed E-state index contributed by atoms with van der Waals surface area (Å²) in [6.07, 6.45) is 4.67. The Morgan fingerprint density at radius 3 is 2.36 bits per heavy atom. The number of ether oxygens (including phenoxy) is 1. The van der Waals surface area contributed by atoms with Gasteiger partial charge in [0, 0.05) is 51.8 Å². The number of hydroxylamine groups is 1. The Bertz CT molecular complexity index is 406. The van der Waals surface area contributed by atoms with Gasteiger partial charge in [-0.3, -0.25) is 9.68 Å². The Labute approximate surface area is 196 Å². The van der Waals surface area contributed by atoms with E-state index < -0.39 is 5.97 Å². The monoisotopic (exact) mass is 476 g/mol. The summed E-state index contributed by atoms with van der Waals surface area (Å²) in [6.45, 7) is 17.2. The predicted octanol–water partition coefficient (Wildman–Crippen LogP) is 4.34. The van der Waals surface area contributed by atoms with Crippen molar-refractivity contribution in [2.75, 3.05) is 26.3 Å². The first-order valence-corrected chi connectivity index (χ1v) is 9.73. The quantitative estimate of drug-likeness (QED) is 0.133. The van der Waals surface area contributed by atoms with Gasteiger partial charge in [-0.15, -0.1) is 6.54 Å². The molecular weight excluding hydrogens is 437 g/mol. The van der Waals surface area contributed by atoms with Crippen molar-refractivity contribution in [3.05, 3.63) is 18.1 Å². The molecule has 0 heterocycles. The molecule has 0 rings (SSSR count). The van der Waals surface area contributed by atoms with Gasteiger partial charge in [0.25, 0.3) is 0 Å². The van der Waals surface area contributed by atoms with E-state index in [1.807, 2.05) is 6.92 Å². The minimum atomic E-state index is -0.499. The van der Waals surface area contributed by atoms with Crippen molar-refractivity contribution < 1.29 is 56.9 Å². The van der Waals surface area contributed by atoms with Crippen LogP contribution in [-0.2, 0) is 56.9 Å². The number of hydrogen-bond donors (Lipinski definition) is 1. The van der Waals surface area contributed by atoms with Gasteiger partial charge in [0.15, 0.2) is 0 Å². The average Bonchev–Trinajstić information content (AvgIpc) is 2.61. The molecule has 0 saturated carbocycles. The van der Waals surface area contributed by atoms with Crippen molar-refractivity contribution >= 4 is 11.9 Å². The summed E-state index contributed by atoms with van der Waals surface area (Å²) in [4.78, 5) is 31.5. The number of nitrogens with zero attached hydrogens (tertiary/aromatic N) is 1. The number of nitrogens with one attached hydrogen (secondary N) is 1. The van der Waals surface area contributed by atoms with E-state index >= 15 is 0 Å². The first-order valence-electron chi connectivity index (χ1n) is 9.73. The normalized spacial score (nSPS) is 11.4. The second-order valence-electron chi connectivity index (χ2n) is 7.21. The Hall–Kier alpha value is -0.336. The first kappa shape index (κ1) is 32.3. The molecule has 1 atom stereocenters. The van der Waals surface area contributed by atoms with Crippen LogP contribution in [0.25, 0.3) is 5.48 Å². The molecule has 0 aromatic carbocycles. The molecule has 7 nitrogen and oxygen atoms in total. The van der Waals surface area contributed by atoms with Gasteiger partial charge in [-0.2, -0.15) is 0 Å². The van der Waals surface area contributed by atoms with Gasteiger partial charge >= 0.3 is 5.97 Å². The number of carbonyl (C=O) groups is 2. The zero-order valence-corrected chi connectivity index (χ0v) is 21.4. The third-order valence-corrected chi connectivity index (χ3v) is 3.43. The standard InChI is InChI=1S/C17H31N2O5.C3H8.Y/c1-6-15(20)18-13-14(3)12-17(4,5)8-9-19-24-23-11-10-22-16(21)7-2;1-3-2;/h7,14H,2,6,8-13H2,1,3-5H3,(H,18,20);3H2,1-2H3;/q-1;;. The van der Waals surface area contributed by atoms with E-state index in [-0.39, 0.29) is 57.2 Å². The Kier molecular flexibility index (Phi) is 24.7. The van der Waals surface area contributed by atoms with Gasteiger partial charge in [0.1, 0.15) is 13.2 Å². The van der Waals surface area contributed by atoms with Crippen molar-refractivity contribution in [1.29, 1.82) is 0 Å². The van der Waals surface area contributed by atoms with E-state index in [1.54, 1.807) is 0 Å². The second-order valence-corrected chi connectivity index (χ2v) is 7.21. The molecular formula is C20H39N2O5Y-. The molecule has 8 heteroatoms. The van der Waals surface area contributed by atoms with E-state index in [4.69, 9.17) is 14.6 Å². The molecule has 0 aliphatic carbocycles. The summed E-state index contributed by atoms with van der Waals surface area (Å²) < 4.78 is 4.71. The molecule has 0 aliphatic heterocycles. The molecule has 1 radical (unpaired) electrons. The van der Waals surface area contributed by atoms with Gasteiger partial charge in [-0.25, -0.2) is 4.79 Å². The maximum absolute atomic E-state index is 11.3. The third kappa shape index (κ3) is 23.7. The maximum atomic E-state index is 11.3. The molecule has 0 saturated heterocycles. The molecule has 0 aromatic heterocycles. The molecule has 163 valence electrons. The summed E-state index contributed by atoms with van der Waals surface area (Å²) in [5.41, 5.74) is 3.92. The molecule has 0 fully saturated rings. The zero-order valence-electron chi connectivity index (χ0n) is 18.6.